The maximum Gasteiger partial charge on any atom is 0.223 e. The van der Waals surface area contributed by atoms with E-state index in [0.29, 0.717) is 13.0 Å². The number of amides is 1. The van der Waals surface area contributed by atoms with Crippen molar-refractivity contribution in [3.05, 3.63) is 101 Å². The van der Waals surface area contributed by atoms with E-state index in [4.69, 9.17) is 4.74 Å². The van der Waals surface area contributed by atoms with Crippen molar-refractivity contribution < 1.29 is 9.53 Å². The molecule has 5 rings (SSSR count). The lowest BCUT2D eigenvalue weighted by Crippen LogP contribution is -2.36. The predicted octanol–water partition coefficient (Wildman–Crippen LogP) is 4.76. The van der Waals surface area contributed by atoms with E-state index in [1.165, 1.54) is 11.1 Å². The van der Waals surface area contributed by atoms with E-state index in [2.05, 4.69) is 52.7 Å². The van der Waals surface area contributed by atoms with Gasteiger partial charge in [-0.25, -0.2) is 4.98 Å². The van der Waals surface area contributed by atoms with Crippen LogP contribution in [0.15, 0.2) is 73.1 Å². The molecule has 0 saturated carbocycles. The summed E-state index contributed by atoms with van der Waals surface area (Å²) < 4.78 is 7.56. The molecule has 5 heteroatoms. The topological polar surface area (TPSA) is 46.8 Å². The highest BCUT2D eigenvalue weighted by atomic mass is 16.5. The van der Waals surface area contributed by atoms with Crippen LogP contribution < -0.4 is 4.74 Å². The molecule has 3 heterocycles. The van der Waals surface area contributed by atoms with Gasteiger partial charge in [-0.3, -0.25) is 4.79 Å². The lowest BCUT2D eigenvalue weighted by atomic mass is 9.91. The number of fused-ring (bicyclic) bond motifs is 2. The molecule has 1 unspecified atom stereocenters. The zero-order valence-corrected chi connectivity index (χ0v) is 18.5. The second-order valence-corrected chi connectivity index (χ2v) is 8.48. The predicted molar refractivity (Wildman–Crippen MR) is 125 cm³/mol. The number of ether oxygens (including phenoxy) is 1. The Morgan fingerprint density at radius 1 is 1.09 bits per heavy atom. The summed E-state index contributed by atoms with van der Waals surface area (Å²) in [5.41, 5.74) is 6.72. The van der Waals surface area contributed by atoms with Crippen LogP contribution in [0.2, 0.25) is 0 Å². The largest absolute Gasteiger partial charge is 0.497 e. The fourth-order valence-corrected chi connectivity index (χ4v) is 4.62. The maximum atomic E-state index is 13.5. The number of methoxy groups -OCH3 is 1. The van der Waals surface area contributed by atoms with E-state index in [9.17, 15) is 4.79 Å². The molecule has 0 fully saturated rings. The summed E-state index contributed by atoms with van der Waals surface area (Å²) in [5.74, 6) is 0.832. The van der Waals surface area contributed by atoms with Crippen molar-refractivity contribution in [1.82, 2.24) is 14.3 Å². The van der Waals surface area contributed by atoms with Gasteiger partial charge in [-0.05, 0) is 59.9 Å². The van der Waals surface area contributed by atoms with Gasteiger partial charge in [0, 0.05) is 37.8 Å². The van der Waals surface area contributed by atoms with E-state index >= 15 is 0 Å². The van der Waals surface area contributed by atoms with Crippen LogP contribution in [0, 0.1) is 6.92 Å². The first kappa shape index (κ1) is 20.3. The van der Waals surface area contributed by atoms with Crippen LogP contribution in [-0.4, -0.2) is 33.8 Å². The molecule has 162 valence electrons. The summed E-state index contributed by atoms with van der Waals surface area (Å²) in [4.78, 5) is 20.1. The molecule has 1 atom stereocenters. The van der Waals surface area contributed by atoms with Crippen molar-refractivity contribution in [2.45, 2.75) is 32.2 Å². The van der Waals surface area contributed by atoms with Crippen molar-refractivity contribution in [3.63, 3.8) is 0 Å². The van der Waals surface area contributed by atoms with Gasteiger partial charge >= 0.3 is 0 Å². The molecular formula is C27H27N3O2. The Hall–Kier alpha value is -3.60. The SMILES string of the molecule is COc1cccc(C(CC(=O)N2CCc3ccccc3C2)c2cnc3cc(C)ccn23)c1. The van der Waals surface area contributed by atoms with Gasteiger partial charge in [0.25, 0.3) is 0 Å². The van der Waals surface area contributed by atoms with Crippen LogP contribution in [0.1, 0.15) is 40.3 Å². The Morgan fingerprint density at radius 3 is 2.78 bits per heavy atom. The average molecular weight is 426 g/mol. The molecule has 0 bridgehead atoms. The molecule has 0 aliphatic carbocycles. The fourth-order valence-electron chi connectivity index (χ4n) is 4.62. The Morgan fingerprint density at radius 2 is 1.94 bits per heavy atom. The number of carbonyl (C=O) groups excluding carboxylic acids is 1. The number of nitrogens with zero attached hydrogens (tertiary/aromatic N) is 3. The fraction of sp³-hybridized carbons (Fsp3) is 0.259. The molecule has 2 aromatic carbocycles. The molecular weight excluding hydrogens is 398 g/mol. The van der Waals surface area contributed by atoms with E-state index in [0.717, 1.165) is 41.2 Å². The van der Waals surface area contributed by atoms with Gasteiger partial charge in [0.15, 0.2) is 0 Å². The van der Waals surface area contributed by atoms with Gasteiger partial charge in [0.05, 0.1) is 12.8 Å². The van der Waals surface area contributed by atoms with Gasteiger partial charge in [0.1, 0.15) is 11.4 Å². The summed E-state index contributed by atoms with van der Waals surface area (Å²) in [6, 6.07) is 20.6. The lowest BCUT2D eigenvalue weighted by molar-refractivity contribution is -0.132. The smallest absolute Gasteiger partial charge is 0.223 e. The molecule has 0 spiro atoms. The van der Waals surface area contributed by atoms with Crippen molar-refractivity contribution in [3.8, 4) is 5.75 Å². The third-order valence-corrected chi connectivity index (χ3v) is 6.41. The number of rotatable bonds is 5. The standard InChI is InChI=1S/C27H27N3O2/c1-19-10-13-30-25(17-28-26(30)14-19)24(21-8-5-9-23(15-21)32-2)16-27(31)29-12-11-20-6-3-4-7-22(20)18-29/h3-10,13-15,17,24H,11-12,16,18H2,1-2H3. The Labute approximate surface area is 188 Å². The number of aromatic nitrogens is 2. The maximum absolute atomic E-state index is 13.5. The summed E-state index contributed by atoms with van der Waals surface area (Å²) in [5, 5.41) is 0. The number of pyridine rings is 1. The van der Waals surface area contributed by atoms with E-state index in [1.54, 1.807) is 7.11 Å². The first-order chi connectivity index (χ1) is 15.6. The minimum atomic E-state index is -0.118. The van der Waals surface area contributed by atoms with Crippen LogP contribution in [0.5, 0.6) is 5.75 Å². The van der Waals surface area contributed by atoms with Crippen LogP contribution in [0.25, 0.3) is 5.65 Å². The first-order valence-electron chi connectivity index (χ1n) is 11.0. The van der Waals surface area contributed by atoms with Crippen LogP contribution in [-0.2, 0) is 17.8 Å². The van der Waals surface area contributed by atoms with Crippen LogP contribution in [0.3, 0.4) is 0 Å². The molecule has 4 aromatic rings. The van der Waals surface area contributed by atoms with Crippen molar-refractivity contribution in [2.24, 2.45) is 0 Å². The minimum Gasteiger partial charge on any atom is -0.497 e. The second kappa shape index (κ2) is 8.50. The molecule has 1 aliphatic heterocycles. The highest BCUT2D eigenvalue weighted by Gasteiger charge is 2.27. The number of hydrogen-bond donors (Lipinski definition) is 0. The van der Waals surface area contributed by atoms with E-state index in [-0.39, 0.29) is 11.8 Å². The van der Waals surface area contributed by atoms with Gasteiger partial charge in [-0.2, -0.15) is 0 Å². The zero-order valence-electron chi connectivity index (χ0n) is 18.5. The molecule has 1 aliphatic rings. The molecule has 1 amide bonds. The average Bonchev–Trinajstić information content (AvgIpc) is 3.24. The molecule has 5 nitrogen and oxygen atoms in total. The highest BCUT2D eigenvalue weighted by molar-refractivity contribution is 5.78. The van der Waals surface area contributed by atoms with Gasteiger partial charge in [-0.1, -0.05) is 36.4 Å². The summed E-state index contributed by atoms with van der Waals surface area (Å²) in [6.45, 7) is 3.49. The highest BCUT2D eigenvalue weighted by Crippen LogP contribution is 2.32. The van der Waals surface area contributed by atoms with E-state index in [1.807, 2.05) is 41.6 Å². The lowest BCUT2D eigenvalue weighted by Gasteiger charge is -2.30. The van der Waals surface area contributed by atoms with Crippen molar-refractivity contribution in [2.75, 3.05) is 13.7 Å². The molecule has 2 aromatic heterocycles. The molecule has 0 radical (unpaired) electrons. The normalized spacial score (nSPS) is 14.2. The first-order valence-corrected chi connectivity index (χ1v) is 11.0. The number of benzene rings is 2. The summed E-state index contributed by atoms with van der Waals surface area (Å²) >= 11 is 0. The second-order valence-electron chi connectivity index (χ2n) is 8.48. The van der Waals surface area contributed by atoms with Crippen molar-refractivity contribution >= 4 is 11.6 Å². The Bertz CT molecular complexity index is 1280. The number of hydrogen-bond acceptors (Lipinski definition) is 3. The van der Waals surface area contributed by atoms with Gasteiger partial charge in [-0.15, -0.1) is 0 Å². The summed E-state index contributed by atoms with van der Waals surface area (Å²) in [6.07, 6.45) is 5.23. The number of aryl methyl sites for hydroxylation is 1. The monoisotopic (exact) mass is 425 g/mol. The summed E-state index contributed by atoms with van der Waals surface area (Å²) in [7, 11) is 1.67. The zero-order chi connectivity index (χ0) is 22.1. The Balaban J connectivity index is 1.49. The number of carbonyl (C=O) groups is 1. The van der Waals surface area contributed by atoms with Crippen LogP contribution in [0.4, 0.5) is 0 Å². The molecule has 32 heavy (non-hydrogen) atoms. The quantitative estimate of drug-likeness (QED) is 0.463. The molecule has 0 saturated heterocycles. The van der Waals surface area contributed by atoms with Crippen molar-refractivity contribution in [1.29, 1.82) is 0 Å². The van der Waals surface area contributed by atoms with Gasteiger partial charge < -0.3 is 14.0 Å². The molecule has 0 N–H and O–H groups in total. The Kier molecular flexibility index (Phi) is 5.39. The third-order valence-electron chi connectivity index (χ3n) is 6.41. The van der Waals surface area contributed by atoms with Crippen LogP contribution >= 0.6 is 0 Å². The van der Waals surface area contributed by atoms with E-state index < -0.39 is 0 Å². The van der Waals surface area contributed by atoms with Gasteiger partial charge in [0.2, 0.25) is 5.91 Å². The number of imidazole rings is 1. The third kappa shape index (κ3) is 3.86. The minimum absolute atomic E-state index is 0.118.